The highest BCUT2D eigenvalue weighted by molar-refractivity contribution is 5.41. The van der Waals surface area contributed by atoms with E-state index < -0.39 is 0 Å². The molecule has 18 heavy (non-hydrogen) atoms. The van der Waals surface area contributed by atoms with Gasteiger partial charge in [0.05, 0.1) is 0 Å². The molecule has 1 aliphatic heterocycles. The van der Waals surface area contributed by atoms with Gasteiger partial charge < -0.3 is 5.73 Å². The third-order valence-corrected chi connectivity index (χ3v) is 4.29. The second-order valence-electron chi connectivity index (χ2n) is 5.61. The highest BCUT2D eigenvalue weighted by Gasteiger charge is 2.22. The number of likely N-dealkylation sites (tertiary alicyclic amines) is 1. The number of benzene rings is 1. The lowest BCUT2D eigenvalue weighted by molar-refractivity contribution is 0.137. The van der Waals surface area contributed by atoms with Crippen LogP contribution < -0.4 is 5.73 Å². The van der Waals surface area contributed by atoms with E-state index in [1.54, 1.807) is 0 Å². The highest BCUT2D eigenvalue weighted by atomic mass is 15.2. The molecule has 1 aliphatic rings. The molecule has 1 aromatic carbocycles. The van der Waals surface area contributed by atoms with E-state index in [-0.39, 0.29) is 0 Å². The van der Waals surface area contributed by atoms with Gasteiger partial charge in [0.2, 0.25) is 0 Å². The van der Waals surface area contributed by atoms with Gasteiger partial charge in [0.25, 0.3) is 0 Å². The molecule has 1 saturated heterocycles. The molecular weight excluding hydrogens is 220 g/mol. The van der Waals surface area contributed by atoms with Crippen LogP contribution in [0.25, 0.3) is 0 Å². The van der Waals surface area contributed by atoms with E-state index in [0.29, 0.717) is 6.04 Å². The Hall–Kier alpha value is -1.02. The molecule has 0 amide bonds. The quantitative estimate of drug-likeness (QED) is 0.818. The summed E-state index contributed by atoms with van der Waals surface area (Å²) in [6.45, 7) is 7.07. The van der Waals surface area contributed by atoms with Gasteiger partial charge in [-0.15, -0.1) is 0 Å². The van der Waals surface area contributed by atoms with Gasteiger partial charge in [0.1, 0.15) is 0 Å². The summed E-state index contributed by atoms with van der Waals surface area (Å²) in [4.78, 5) is 2.60. The summed E-state index contributed by atoms with van der Waals surface area (Å²) < 4.78 is 0. The number of anilines is 1. The van der Waals surface area contributed by atoms with E-state index in [1.807, 2.05) is 6.07 Å². The topological polar surface area (TPSA) is 29.3 Å². The lowest BCUT2D eigenvalue weighted by Crippen LogP contribution is -2.35. The minimum atomic E-state index is 0.496. The Morgan fingerprint density at radius 2 is 2.06 bits per heavy atom. The highest BCUT2D eigenvalue weighted by Crippen LogP contribution is 2.29. The van der Waals surface area contributed by atoms with Crippen molar-refractivity contribution in [2.45, 2.75) is 45.6 Å². The van der Waals surface area contributed by atoms with E-state index >= 15 is 0 Å². The Labute approximate surface area is 111 Å². The number of piperidine rings is 1. The first-order valence-corrected chi connectivity index (χ1v) is 7.30. The van der Waals surface area contributed by atoms with Crippen LogP contribution >= 0.6 is 0 Å². The van der Waals surface area contributed by atoms with Crippen LogP contribution in [0.3, 0.4) is 0 Å². The maximum absolute atomic E-state index is 5.87. The summed E-state index contributed by atoms with van der Waals surface area (Å²) in [5, 5.41) is 0. The predicted molar refractivity (Wildman–Crippen MR) is 78.5 cm³/mol. The van der Waals surface area contributed by atoms with Crippen LogP contribution in [0.15, 0.2) is 24.3 Å². The van der Waals surface area contributed by atoms with Gasteiger partial charge in [-0.2, -0.15) is 0 Å². The van der Waals surface area contributed by atoms with Gasteiger partial charge in [-0.3, -0.25) is 4.90 Å². The minimum absolute atomic E-state index is 0.496. The first-order valence-electron chi connectivity index (χ1n) is 7.30. The molecule has 1 heterocycles. The Morgan fingerprint density at radius 1 is 1.33 bits per heavy atom. The van der Waals surface area contributed by atoms with Crippen LogP contribution in [0.4, 0.5) is 5.69 Å². The zero-order valence-corrected chi connectivity index (χ0v) is 11.7. The van der Waals surface area contributed by atoms with Crippen LogP contribution in [0.2, 0.25) is 0 Å². The van der Waals surface area contributed by atoms with Gasteiger partial charge >= 0.3 is 0 Å². The molecule has 0 spiro atoms. The molecule has 0 aromatic heterocycles. The zero-order valence-electron chi connectivity index (χ0n) is 11.7. The SMILES string of the molecule is CCCC1CCN(C(C)c2cccc(N)c2)CC1. The largest absolute Gasteiger partial charge is 0.399 e. The fraction of sp³-hybridized carbons (Fsp3) is 0.625. The molecule has 100 valence electrons. The van der Waals surface area contributed by atoms with Crippen molar-refractivity contribution in [3.63, 3.8) is 0 Å². The van der Waals surface area contributed by atoms with E-state index in [2.05, 4.69) is 36.9 Å². The van der Waals surface area contributed by atoms with Gasteiger partial charge in [-0.25, -0.2) is 0 Å². The predicted octanol–water partition coefficient (Wildman–Crippen LogP) is 3.84. The van der Waals surface area contributed by atoms with Crippen LogP contribution in [-0.4, -0.2) is 18.0 Å². The second kappa shape index (κ2) is 6.24. The molecule has 1 unspecified atom stereocenters. The van der Waals surface area contributed by atoms with Crippen molar-refractivity contribution in [3.05, 3.63) is 29.8 Å². The summed E-state index contributed by atoms with van der Waals surface area (Å²) in [6, 6.07) is 8.83. The van der Waals surface area contributed by atoms with Crippen LogP contribution in [0.5, 0.6) is 0 Å². The second-order valence-corrected chi connectivity index (χ2v) is 5.61. The number of nitrogens with zero attached hydrogens (tertiary/aromatic N) is 1. The zero-order chi connectivity index (χ0) is 13.0. The molecule has 0 saturated carbocycles. The Bertz CT molecular complexity index is 367. The van der Waals surface area contributed by atoms with E-state index in [1.165, 1.54) is 44.3 Å². The maximum Gasteiger partial charge on any atom is 0.0320 e. The average molecular weight is 246 g/mol. The number of nitrogen functional groups attached to an aromatic ring is 1. The molecule has 1 atom stereocenters. The molecule has 0 bridgehead atoms. The Kier molecular flexibility index (Phi) is 4.65. The molecular formula is C16H26N2. The molecule has 2 nitrogen and oxygen atoms in total. The van der Waals surface area contributed by atoms with Crippen molar-refractivity contribution < 1.29 is 0 Å². The normalized spacial score (nSPS) is 19.9. The fourth-order valence-corrected chi connectivity index (χ4v) is 3.07. The van der Waals surface area contributed by atoms with E-state index in [9.17, 15) is 0 Å². The first-order chi connectivity index (χ1) is 8.70. The smallest absolute Gasteiger partial charge is 0.0320 e. The van der Waals surface area contributed by atoms with Crippen LogP contribution in [-0.2, 0) is 0 Å². The summed E-state index contributed by atoms with van der Waals surface area (Å²) in [7, 11) is 0. The number of hydrogen-bond acceptors (Lipinski definition) is 2. The summed E-state index contributed by atoms with van der Waals surface area (Å²) in [5.41, 5.74) is 8.10. The van der Waals surface area contributed by atoms with Gasteiger partial charge in [0.15, 0.2) is 0 Å². The third kappa shape index (κ3) is 3.26. The Morgan fingerprint density at radius 3 is 2.67 bits per heavy atom. The van der Waals surface area contributed by atoms with Crippen molar-refractivity contribution in [3.8, 4) is 0 Å². The van der Waals surface area contributed by atoms with Crippen molar-refractivity contribution in [1.82, 2.24) is 4.90 Å². The lowest BCUT2D eigenvalue weighted by Gasteiger charge is -2.36. The lowest BCUT2D eigenvalue weighted by atomic mass is 9.91. The monoisotopic (exact) mass is 246 g/mol. The summed E-state index contributed by atoms with van der Waals surface area (Å²) in [5.74, 6) is 0.958. The minimum Gasteiger partial charge on any atom is -0.399 e. The van der Waals surface area contributed by atoms with Gasteiger partial charge in [-0.1, -0.05) is 31.9 Å². The van der Waals surface area contributed by atoms with Gasteiger partial charge in [0, 0.05) is 11.7 Å². The summed E-state index contributed by atoms with van der Waals surface area (Å²) in [6.07, 6.45) is 5.46. The Balaban J connectivity index is 1.93. The van der Waals surface area contributed by atoms with Crippen molar-refractivity contribution in [1.29, 1.82) is 0 Å². The molecule has 1 aromatic rings. The van der Waals surface area contributed by atoms with Crippen molar-refractivity contribution in [2.24, 2.45) is 5.92 Å². The molecule has 1 fully saturated rings. The fourth-order valence-electron chi connectivity index (χ4n) is 3.07. The van der Waals surface area contributed by atoms with E-state index in [4.69, 9.17) is 5.73 Å². The molecule has 0 radical (unpaired) electrons. The van der Waals surface area contributed by atoms with E-state index in [0.717, 1.165) is 11.6 Å². The molecule has 2 rings (SSSR count). The molecule has 0 aliphatic carbocycles. The molecule has 2 N–H and O–H groups in total. The van der Waals surface area contributed by atoms with Crippen LogP contribution in [0, 0.1) is 5.92 Å². The average Bonchev–Trinajstić information content (AvgIpc) is 2.39. The van der Waals surface area contributed by atoms with Crippen molar-refractivity contribution >= 4 is 5.69 Å². The molecule has 2 heteroatoms. The maximum atomic E-state index is 5.87. The van der Waals surface area contributed by atoms with Gasteiger partial charge in [-0.05, 0) is 56.5 Å². The summed E-state index contributed by atoms with van der Waals surface area (Å²) >= 11 is 0. The third-order valence-electron chi connectivity index (χ3n) is 4.29. The first kappa shape index (κ1) is 13.4. The number of rotatable bonds is 4. The standard InChI is InChI=1S/C16H26N2/c1-3-5-14-8-10-18(11-9-14)13(2)15-6-4-7-16(17)12-15/h4,6-7,12-14H,3,5,8-11,17H2,1-2H3. The van der Waals surface area contributed by atoms with Crippen molar-refractivity contribution in [2.75, 3.05) is 18.8 Å². The van der Waals surface area contributed by atoms with Crippen LogP contribution in [0.1, 0.15) is 51.1 Å². The number of nitrogens with two attached hydrogens (primary N) is 1. The number of hydrogen-bond donors (Lipinski definition) is 1.